The highest BCUT2D eigenvalue weighted by Gasteiger charge is 2.26. The minimum absolute atomic E-state index is 0.127. The van der Waals surface area contributed by atoms with Crippen LogP contribution in [0.1, 0.15) is 24.1 Å². The third kappa shape index (κ3) is 3.89. The summed E-state index contributed by atoms with van der Waals surface area (Å²) in [6.45, 7) is 1.48. The predicted octanol–water partition coefficient (Wildman–Crippen LogP) is 3.32. The molecule has 4 rings (SSSR count). The first-order chi connectivity index (χ1) is 15.0. The zero-order valence-corrected chi connectivity index (χ0v) is 17.7. The van der Waals surface area contributed by atoms with Gasteiger partial charge in [0.2, 0.25) is 17.6 Å². The summed E-state index contributed by atoms with van der Waals surface area (Å²) in [5.74, 6) is 2.10. The SMILES string of the molecule is COc1cc(C2C=C(c3cccc(NC(C)=O)c3)Nc3ncnn32)cc(OC)c1OC. The van der Waals surface area contributed by atoms with Crippen molar-refractivity contribution in [1.82, 2.24) is 14.8 Å². The molecular weight excluding hydrogens is 398 g/mol. The first-order valence-electron chi connectivity index (χ1n) is 9.60. The van der Waals surface area contributed by atoms with Gasteiger partial charge in [-0.1, -0.05) is 12.1 Å². The number of allylic oxidation sites excluding steroid dienone is 1. The molecule has 31 heavy (non-hydrogen) atoms. The number of rotatable bonds is 6. The van der Waals surface area contributed by atoms with Crippen LogP contribution < -0.4 is 24.8 Å². The van der Waals surface area contributed by atoms with Crippen LogP contribution in [0.5, 0.6) is 17.2 Å². The minimum Gasteiger partial charge on any atom is -0.493 e. The first-order valence-corrected chi connectivity index (χ1v) is 9.60. The molecule has 1 aliphatic rings. The third-order valence-corrected chi connectivity index (χ3v) is 4.93. The van der Waals surface area contributed by atoms with Gasteiger partial charge in [0.15, 0.2) is 11.5 Å². The summed E-state index contributed by atoms with van der Waals surface area (Å²) < 4.78 is 18.3. The van der Waals surface area contributed by atoms with Gasteiger partial charge in [-0.3, -0.25) is 4.79 Å². The maximum Gasteiger partial charge on any atom is 0.226 e. The molecule has 0 aliphatic carbocycles. The predicted molar refractivity (Wildman–Crippen MR) is 117 cm³/mol. The van der Waals surface area contributed by atoms with E-state index in [1.807, 2.05) is 42.5 Å². The van der Waals surface area contributed by atoms with Crippen molar-refractivity contribution in [3.63, 3.8) is 0 Å². The van der Waals surface area contributed by atoms with Crippen molar-refractivity contribution in [2.45, 2.75) is 13.0 Å². The van der Waals surface area contributed by atoms with Crippen LogP contribution in [0.25, 0.3) is 5.70 Å². The largest absolute Gasteiger partial charge is 0.493 e. The lowest BCUT2D eigenvalue weighted by atomic mass is 10.0. The molecule has 9 heteroatoms. The molecule has 1 amide bonds. The Kier molecular flexibility index (Phi) is 5.48. The number of nitrogens with one attached hydrogen (secondary N) is 2. The number of methoxy groups -OCH3 is 3. The number of carbonyl (C=O) groups excluding carboxylic acids is 1. The molecule has 0 spiro atoms. The van der Waals surface area contributed by atoms with Crippen LogP contribution in [0, 0.1) is 0 Å². The van der Waals surface area contributed by atoms with Gasteiger partial charge in [-0.05, 0) is 41.5 Å². The van der Waals surface area contributed by atoms with Crippen molar-refractivity contribution in [2.24, 2.45) is 0 Å². The summed E-state index contributed by atoms with van der Waals surface area (Å²) in [7, 11) is 4.73. The number of aromatic nitrogens is 3. The molecule has 9 nitrogen and oxygen atoms in total. The van der Waals surface area contributed by atoms with Crippen molar-refractivity contribution in [3.8, 4) is 17.2 Å². The van der Waals surface area contributed by atoms with Crippen molar-refractivity contribution in [2.75, 3.05) is 32.0 Å². The highest BCUT2D eigenvalue weighted by Crippen LogP contribution is 2.42. The summed E-state index contributed by atoms with van der Waals surface area (Å²) in [5.41, 5.74) is 3.34. The normalized spacial score (nSPS) is 14.7. The van der Waals surface area contributed by atoms with E-state index in [-0.39, 0.29) is 11.9 Å². The van der Waals surface area contributed by atoms with Gasteiger partial charge in [-0.2, -0.15) is 10.1 Å². The van der Waals surface area contributed by atoms with E-state index in [0.717, 1.165) is 16.8 Å². The number of fused-ring (bicyclic) bond motifs is 1. The smallest absolute Gasteiger partial charge is 0.226 e. The Morgan fingerprint density at radius 1 is 1.10 bits per heavy atom. The summed E-state index contributed by atoms with van der Waals surface area (Å²) >= 11 is 0. The van der Waals surface area contributed by atoms with E-state index in [2.05, 4.69) is 20.7 Å². The fourth-order valence-corrected chi connectivity index (χ4v) is 3.58. The molecule has 2 heterocycles. The average molecular weight is 421 g/mol. The standard InChI is InChI=1S/C22H23N5O4/c1-13(28)25-16-7-5-6-14(8-16)17-11-18(27-22(26-17)23-12-24-27)15-9-19(29-2)21(31-4)20(10-15)30-3/h5-12,18H,1-4H3,(H,25,28)(H,23,24,26). The second kappa shape index (κ2) is 8.39. The molecule has 0 bridgehead atoms. The number of ether oxygens (including phenoxy) is 3. The quantitative estimate of drug-likeness (QED) is 0.630. The van der Waals surface area contributed by atoms with Crippen molar-refractivity contribution in [3.05, 3.63) is 59.9 Å². The van der Waals surface area contributed by atoms with Gasteiger partial charge in [0.05, 0.1) is 21.3 Å². The molecule has 3 aromatic rings. The van der Waals surface area contributed by atoms with Crippen LogP contribution in [0.4, 0.5) is 11.6 Å². The molecular formula is C22H23N5O4. The number of hydrogen-bond acceptors (Lipinski definition) is 7. The molecule has 0 saturated heterocycles. The molecule has 160 valence electrons. The minimum atomic E-state index is -0.271. The maximum absolute atomic E-state index is 11.4. The van der Waals surface area contributed by atoms with Crippen molar-refractivity contribution in [1.29, 1.82) is 0 Å². The third-order valence-electron chi connectivity index (χ3n) is 4.93. The van der Waals surface area contributed by atoms with Gasteiger partial charge >= 0.3 is 0 Å². The van der Waals surface area contributed by atoms with Crippen LogP contribution in [0.2, 0.25) is 0 Å². The van der Waals surface area contributed by atoms with Gasteiger partial charge in [0, 0.05) is 18.3 Å². The fourth-order valence-electron chi connectivity index (χ4n) is 3.58. The van der Waals surface area contributed by atoms with Gasteiger partial charge in [-0.25, -0.2) is 4.68 Å². The van der Waals surface area contributed by atoms with Crippen LogP contribution in [0.15, 0.2) is 48.8 Å². The molecule has 0 saturated carbocycles. The Labute approximate surface area is 179 Å². The van der Waals surface area contributed by atoms with E-state index < -0.39 is 0 Å². The molecule has 2 N–H and O–H groups in total. The van der Waals surface area contributed by atoms with Crippen molar-refractivity contribution < 1.29 is 19.0 Å². The number of benzene rings is 2. The van der Waals surface area contributed by atoms with Gasteiger partial charge in [-0.15, -0.1) is 0 Å². The lowest BCUT2D eigenvalue weighted by Gasteiger charge is -2.25. The Bertz CT molecular complexity index is 1130. The Hall–Kier alpha value is -4.01. The molecule has 0 radical (unpaired) electrons. The average Bonchev–Trinajstić information content (AvgIpc) is 3.25. The van der Waals surface area contributed by atoms with E-state index in [1.54, 1.807) is 26.0 Å². The zero-order valence-electron chi connectivity index (χ0n) is 17.7. The van der Waals surface area contributed by atoms with E-state index >= 15 is 0 Å². The molecule has 1 aromatic heterocycles. The second-order valence-corrected chi connectivity index (χ2v) is 6.90. The number of hydrogen-bond donors (Lipinski definition) is 2. The van der Waals surface area contributed by atoms with Crippen LogP contribution in [0.3, 0.4) is 0 Å². The zero-order chi connectivity index (χ0) is 22.0. The fraction of sp³-hybridized carbons (Fsp3) is 0.227. The Morgan fingerprint density at radius 2 is 1.84 bits per heavy atom. The number of nitrogens with zero attached hydrogens (tertiary/aromatic N) is 3. The number of anilines is 2. The topological polar surface area (TPSA) is 99.5 Å². The molecule has 0 fully saturated rings. The van der Waals surface area contributed by atoms with Gasteiger partial charge < -0.3 is 24.8 Å². The second-order valence-electron chi connectivity index (χ2n) is 6.90. The highest BCUT2D eigenvalue weighted by molar-refractivity contribution is 5.89. The van der Waals surface area contributed by atoms with E-state index in [1.165, 1.54) is 13.3 Å². The molecule has 1 unspecified atom stereocenters. The summed E-state index contributed by atoms with van der Waals surface area (Å²) in [6.07, 6.45) is 3.53. The monoisotopic (exact) mass is 421 g/mol. The molecule has 1 atom stereocenters. The lowest BCUT2D eigenvalue weighted by Crippen LogP contribution is -2.20. The molecule has 2 aromatic carbocycles. The van der Waals surface area contributed by atoms with Crippen LogP contribution in [-0.4, -0.2) is 42.0 Å². The van der Waals surface area contributed by atoms with Gasteiger partial charge in [0.25, 0.3) is 0 Å². The first kappa shape index (κ1) is 20.3. The van der Waals surface area contributed by atoms with E-state index in [0.29, 0.717) is 28.9 Å². The lowest BCUT2D eigenvalue weighted by molar-refractivity contribution is -0.114. The van der Waals surface area contributed by atoms with Gasteiger partial charge in [0.1, 0.15) is 12.4 Å². The number of carbonyl (C=O) groups is 1. The van der Waals surface area contributed by atoms with Crippen molar-refractivity contribution >= 4 is 23.2 Å². The van der Waals surface area contributed by atoms with Crippen LogP contribution in [-0.2, 0) is 4.79 Å². The molecule has 1 aliphatic heterocycles. The maximum atomic E-state index is 11.4. The van der Waals surface area contributed by atoms with E-state index in [9.17, 15) is 4.79 Å². The summed E-state index contributed by atoms with van der Waals surface area (Å²) in [6, 6.07) is 11.1. The summed E-state index contributed by atoms with van der Waals surface area (Å²) in [5, 5.41) is 10.5. The summed E-state index contributed by atoms with van der Waals surface area (Å²) in [4.78, 5) is 15.8. The number of amides is 1. The van der Waals surface area contributed by atoms with E-state index in [4.69, 9.17) is 14.2 Å². The highest BCUT2D eigenvalue weighted by atomic mass is 16.5. The Morgan fingerprint density at radius 3 is 2.48 bits per heavy atom. The Balaban J connectivity index is 1.81. The van der Waals surface area contributed by atoms with Crippen LogP contribution >= 0.6 is 0 Å².